The van der Waals surface area contributed by atoms with Crippen molar-refractivity contribution >= 4 is 29.3 Å². The number of carbonyl (C=O) groups excluding carboxylic acids is 2. The molecule has 3 rings (SSSR count). The van der Waals surface area contributed by atoms with Gasteiger partial charge in [-0.05, 0) is 56.0 Å². The van der Waals surface area contributed by atoms with Crippen molar-refractivity contribution in [2.24, 2.45) is 5.73 Å². The predicted molar refractivity (Wildman–Crippen MR) is 111 cm³/mol. The largest absolute Gasteiger partial charge is 0.387 e. The lowest BCUT2D eigenvalue weighted by Gasteiger charge is -2.23. The van der Waals surface area contributed by atoms with Gasteiger partial charge < -0.3 is 21.7 Å². The highest BCUT2D eigenvalue weighted by Crippen LogP contribution is 2.28. The molecule has 6 nitrogen and oxygen atoms in total. The van der Waals surface area contributed by atoms with Gasteiger partial charge in [0.1, 0.15) is 10.7 Å². The van der Waals surface area contributed by atoms with Crippen molar-refractivity contribution in [1.82, 2.24) is 10.6 Å². The second-order valence-corrected chi connectivity index (χ2v) is 7.63. The normalized spacial score (nSPS) is 15.9. The fraction of sp³-hybridized carbons (Fsp3) is 0.400. The minimum Gasteiger partial charge on any atom is -0.387 e. The first-order valence-electron chi connectivity index (χ1n) is 9.29. The summed E-state index contributed by atoms with van der Waals surface area (Å²) in [6.45, 7) is 1.86. The van der Waals surface area contributed by atoms with Crippen LogP contribution in [0.3, 0.4) is 0 Å². The summed E-state index contributed by atoms with van der Waals surface area (Å²) in [4.78, 5) is 23.0. The molecule has 0 spiro atoms. The summed E-state index contributed by atoms with van der Waals surface area (Å²) < 4.78 is 13.3. The molecule has 1 unspecified atom stereocenters. The first kappa shape index (κ1) is 21.8. The van der Waals surface area contributed by atoms with Crippen LogP contribution < -0.4 is 21.7 Å². The second kappa shape index (κ2) is 11.4. The lowest BCUT2D eigenvalue weighted by Crippen LogP contribution is -2.45. The van der Waals surface area contributed by atoms with Crippen LogP contribution in [0.2, 0.25) is 0 Å². The number of piperidine rings is 1. The molecule has 1 atom stereocenters. The Hall–Kier alpha value is -2.45. The zero-order valence-corrected chi connectivity index (χ0v) is 16.8. The molecule has 1 aliphatic rings. The Morgan fingerprint density at radius 1 is 1.39 bits per heavy atom. The molecule has 0 bridgehead atoms. The number of nitrogens with two attached hydrogens (primary N) is 1. The highest BCUT2D eigenvalue weighted by Gasteiger charge is 2.20. The molecule has 1 fully saturated rings. The minimum atomic E-state index is -0.208. The monoisotopic (exact) mass is 406 g/mol. The molecule has 2 heterocycles. The summed E-state index contributed by atoms with van der Waals surface area (Å²) in [7, 11) is 1.83. The van der Waals surface area contributed by atoms with E-state index in [1.165, 1.54) is 17.4 Å². The van der Waals surface area contributed by atoms with E-state index >= 15 is 0 Å². The van der Waals surface area contributed by atoms with Gasteiger partial charge in [-0.2, -0.15) is 0 Å². The fourth-order valence-corrected chi connectivity index (χ4v) is 4.17. The molecule has 28 heavy (non-hydrogen) atoms. The fourth-order valence-electron chi connectivity index (χ4n) is 3.11. The zero-order valence-electron chi connectivity index (χ0n) is 16.0. The third-order valence-corrected chi connectivity index (χ3v) is 5.63. The van der Waals surface area contributed by atoms with Gasteiger partial charge in [0.05, 0.1) is 5.69 Å². The molecule has 2 amide bonds. The SMILES string of the molecule is CNc1cc(CCc2cccc(F)c2)sc1C(=O)NC1CCCNC1.NC=O. The molecule has 1 aromatic heterocycles. The molecule has 0 aliphatic carbocycles. The molecule has 5 N–H and O–H groups in total. The number of rotatable bonds is 6. The Morgan fingerprint density at radius 2 is 2.18 bits per heavy atom. The Balaban J connectivity index is 0.000000878. The quantitative estimate of drug-likeness (QED) is 0.554. The molecule has 1 saturated heterocycles. The van der Waals surface area contributed by atoms with Gasteiger partial charge in [0.25, 0.3) is 5.91 Å². The van der Waals surface area contributed by atoms with E-state index in [-0.39, 0.29) is 24.2 Å². The first-order valence-corrected chi connectivity index (χ1v) is 10.1. The molecule has 8 heteroatoms. The van der Waals surface area contributed by atoms with Crippen LogP contribution in [-0.4, -0.2) is 38.5 Å². The zero-order chi connectivity index (χ0) is 20.4. The second-order valence-electron chi connectivity index (χ2n) is 6.49. The summed E-state index contributed by atoms with van der Waals surface area (Å²) in [5, 5.41) is 9.55. The van der Waals surface area contributed by atoms with Crippen LogP contribution in [0.1, 0.15) is 33.0 Å². The lowest BCUT2D eigenvalue weighted by molar-refractivity contribution is -0.106. The molecular formula is C20H27FN4O2S. The van der Waals surface area contributed by atoms with Gasteiger partial charge in [-0.15, -0.1) is 11.3 Å². The lowest BCUT2D eigenvalue weighted by atomic mass is 10.1. The van der Waals surface area contributed by atoms with Crippen molar-refractivity contribution in [2.45, 2.75) is 31.7 Å². The highest BCUT2D eigenvalue weighted by molar-refractivity contribution is 7.14. The van der Waals surface area contributed by atoms with Crippen LogP contribution in [0.15, 0.2) is 30.3 Å². The van der Waals surface area contributed by atoms with E-state index in [9.17, 15) is 9.18 Å². The smallest absolute Gasteiger partial charge is 0.263 e. The summed E-state index contributed by atoms with van der Waals surface area (Å²) in [5.41, 5.74) is 6.00. The van der Waals surface area contributed by atoms with Crippen LogP contribution >= 0.6 is 11.3 Å². The van der Waals surface area contributed by atoms with Crippen molar-refractivity contribution in [3.63, 3.8) is 0 Å². The number of hydrogen-bond acceptors (Lipinski definition) is 5. The maximum atomic E-state index is 13.3. The maximum Gasteiger partial charge on any atom is 0.263 e. The summed E-state index contributed by atoms with van der Waals surface area (Å²) in [6.07, 6.45) is 3.91. The molecule has 2 aromatic rings. The van der Waals surface area contributed by atoms with Gasteiger partial charge in [-0.25, -0.2) is 4.39 Å². The average Bonchev–Trinajstić information content (AvgIpc) is 3.11. The molecule has 1 aliphatic heterocycles. The van der Waals surface area contributed by atoms with Crippen LogP contribution in [0.5, 0.6) is 0 Å². The Bertz CT molecular complexity index is 775. The van der Waals surface area contributed by atoms with Crippen molar-refractivity contribution in [3.8, 4) is 0 Å². The van der Waals surface area contributed by atoms with E-state index in [2.05, 4.69) is 21.7 Å². The van der Waals surface area contributed by atoms with Crippen molar-refractivity contribution < 1.29 is 14.0 Å². The van der Waals surface area contributed by atoms with Gasteiger partial charge in [0.2, 0.25) is 6.41 Å². The number of halogens is 1. The third kappa shape index (κ3) is 6.61. The Morgan fingerprint density at radius 3 is 2.82 bits per heavy atom. The van der Waals surface area contributed by atoms with Crippen molar-refractivity contribution in [2.75, 3.05) is 25.5 Å². The molecule has 0 radical (unpaired) electrons. The Kier molecular flexibility index (Phi) is 8.90. The number of benzene rings is 1. The molecule has 1 aromatic carbocycles. The van der Waals surface area contributed by atoms with E-state index in [0.29, 0.717) is 0 Å². The Labute approximate surface area is 168 Å². The van der Waals surface area contributed by atoms with E-state index in [4.69, 9.17) is 4.79 Å². The van der Waals surface area contributed by atoms with E-state index < -0.39 is 0 Å². The highest BCUT2D eigenvalue weighted by atomic mass is 32.1. The number of carbonyl (C=O) groups is 2. The van der Waals surface area contributed by atoms with Gasteiger partial charge in [-0.3, -0.25) is 9.59 Å². The number of hydrogen-bond donors (Lipinski definition) is 4. The van der Waals surface area contributed by atoms with E-state index in [1.54, 1.807) is 12.1 Å². The van der Waals surface area contributed by atoms with Gasteiger partial charge >= 0.3 is 0 Å². The third-order valence-electron chi connectivity index (χ3n) is 4.44. The van der Waals surface area contributed by atoms with Crippen LogP contribution in [0.25, 0.3) is 0 Å². The van der Waals surface area contributed by atoms with Crippen molar-refractivity contribution in [3.05, 3.63) is 51.5 Å². The summed E-state index contributed by atoms with van der Waals surface area (Å²) in [6, 6.07) is 8.91. The van der Waals surface area contributed by atoms with Crippen molar-refractivity contribution in [1.29, 1.82) is 0 Å². The van der Waals surface area contributed by atoms with E-state index in [1.807, 2.05) is 19.2 Å². The molecule has 0 saturated carbocycles. The van der Waals surface area contributed by atoms with Gasteiger partial charge in [-0.1, -0.05) is 12.1 Å². The number of nitrogens with one attached hydrogen (secondary N) is 3. The first-order chi connectivity index (χ1) is 13.6. The standard InChI is InChI=1S/C19H24FN3OS.CH3NO/c1-21-17-11-16(8-7-13-4-2-5-14(20)10-13)25-18(17)19(24)23-15-6-3-9-22-12-15;2-1-3/h2,4-5,10-11,15,21-22H,3,6-9,12H2,1H3,(H,23,24);1H,(H2,2,3). The van der Waals surface area contributed by atoms with E-state index in [0.717, 1.165) is 59.8 Å². The maximum absolute atomic E-state index is 13.3. The summed E-state index contributed by atoms with van der Waals surface area (Å²) >= 11 is 1.52. The molecule has 152 valence electrons. The number of thiophene rings is 1. The van der Waals surface area contributed by atoms with Gasteiger partial charge in [0, 0.05) is 24.5 Å². The number of anilines is 1. The average molecular weight is 407 g/mol. The number of primary amides is 1. The number of aryl methyl sites for hydroxylation is 2. The van der Waals surface area contributed by atoms with Crippen LogP contribution in [0.4, 0.5) is 10.1 Å². The van der Waals surface area contributed by atoms with Gasteiger partial charge in [0.15, 0.2) is 0 Å². The molecular weight excluding hydrogens is 379 g/mol. The van der Waals surface area contributed by atoms with Crippen LogP contribution in [0, 0.1) is 5.82 Å². The topological polar surface area (TPSA) is 96.2 Å². The predicted octanol–water partition coefficient (Wildman–Crippen LogP) is 2.30. The van der Waals surface area contributed by atoms with Crippen LogP contribution in [-0.2, 0) is 17.6 Å². The summed E-state index contributed by atoms with van der Waals surface area (Å²) in [5.74, 6) is -0.221. The number of amides is 2. The minimum absolute atomic E-state index is 0.0138.